The fraction of sp³-hybridized carbons (Fsp3) is 0.353. The predicted octanol–water partition coefficient (Wildman–Crippen LogP) is 2.75. The van der Waals surface area contributed by atoms with Crippen molar-refractivity contribution in [3.8, 4) is 11.1 Å². The molecule has 3 aromatic carbocycles. The largest absolute Gasteiger partial charge is 0.214 e. The van der Waals surface area contributed by atoms with Gasteiger partial charge in [-0.1, -0.05) is 57.4 Å². The molecule has 1 fully saturated rings. The summed E-state index contributed by atoms with van der Waals surface area (Å²) in [6.07, 6.45) is 18.7. The molecule has 0 atom stereocenters. The molecule has 0 aromatic heterocycles. The van der Waals surface area contributed by atoms with E-state index in [1.54, 1.807) is 27.4 Å². The van der Waals surface area contributed by atoms with E-state index in [2.05, 4.69) is 76.3 Å². The van der Waals surface area contributed by atoms with Crippen LogP contribution < -0.4 is 24.8 Å². The first kappa shape index (κ1) is 30.1. The van der Waals surface area contributed by atoms with Gasteiger partial charge in [0, 0.05) is 5.41 Å². The van der Waals surface area contributed by atoms with Crippen molar-refractivity contribution in [2.45, 2.75) is 77.0 Å². The van der Waals surface area contributed by atoms with Gasteiger partial charge < -0.3 is 24.8 Å². The van der Waals surface area contributed by atoms with Crippen molar-refractivity contribution >= 4 is 15.4 Å². The second kappa shape index (κ2) is 12.2. The molecule has 0 bridgehead atoms. The molecule has 0 nitrogen and oxygen atoms in total. The number of rotatable bonds is 0. The van der Waals surface area contributed by atoms with Crippen LogP contribution in [-0.4, -0.2) is 3.21 Å². The van der Waals surface area contributed by atoms with Gasteiger partial charge >= 0.3 is 59.5 Å². The van der Waals surface area contributed by atoms with Gasteiger partial charge in [0.2, 0.25) is 0 Å². The summed E-state index contributed by atoms with van der Waals surface area (Å²) < 4.78 is 1.80. The van der Waals surface area contributed by atoms with E-state index in [0.717, 1.165) is 6.42 Å². The summed E-state index contributed by atoms with van der Waals surface area (Å²) in [7, 11) is 0. The summed E-state index contributed by atoms with van der Waals surface area (Å²) in [6, 6.07) is 19.7. The molecule has 7 rings (SSSR count). The van der Waals surface area contributed by atoms with Gasteiger partial charge in [-0.15, -0.1) is 11.6 Å². The number of halogens is 2. The van der Waals surface area contributed by atoms with Gasteiger partial charge in [0.15, 0.2) is 0 Å². The third-order valence-electron chi connectivity index (χ3n) is 7.87. The van der Waals surface area contributed by atoms with E-state index in [4.69, 9.17) is 0 Å². The quantitative estimate of drug-likeness (QED) is 0.270. The van der Waals surface area contributed by atoms with Crippen LogP contribution in [0, 0.1) is 6.08 Å². The van der Waals surface area contributed by atoms with Crippen molar-refractivity contribution in [2.24, 2.45) is 0 Å². The second-order valence-electron chi connectivity index (χ2n) is 11.5. The third-order valence-corrected chi connectivity index (χ3v) is 9.10. The number of fused-ring (bicyclic) bond motifs is 5. The fourth-order valence-corrected chi connectivity index (χ4v) is 6.57. The minimum absolute atomic E-state index is 0. The summed E-state index contributed by atoms with van der Waals surface area (Å²) >= 11 is 1.69. The zero-order valence-electron chi connectivity index (χ0n) is 22.4. The minimum Gasteiger partial charge on any atom is -0.214 e. The molecule has 0 radical (unpaired) electrons. The van der Waals surface area contributed by atoms with Gasteiger partial charge in [0.05, 0.1) is 0 Å². The minimum atomic E-state index is 0. The van der Waals surface area contributed by atoms with E-state index < -0.39 is 0 Å². The fourth-order valence-electron chi connectivity index (χ4n) is 5.70. The van der Waals surface area contributed by atoms with E-state index in [-0.39, 0.29) is 35.6 Å². The number of benzene rings is 2. The summed E-state index contributed by atoms with van der Waals surface area (Å²) in [6.45, 7) is 9.13. The van der Waals surface area contributed by atoms with Gasteiger partial charge in [-0.05, 0) is 45.9 Å². The SMILES string of the molecule is CC1(C)[C-]=Cc2cc3c(cc21)Cc1cc2c(cc1-3)C=CC2(C)C.[Cl-].[Cl-].[Zr+2]=[C]1CCCCC1.c1cc[cH-]c1. The van der Waals surface area contributed by atoms with Crippen molar-refractivity contribution in [1.82, 2.24) is 0 Å². The summed E-state index contributed by atoms with van der Waals surface area (Å²) in [5.74, 6) is 0. The monoisotopic (exact) mass is 604 g/mol. The number of hydrogen-bond donors (Lipinski definition) is 0. The normalized spacial score (nSPS) is 18.1. The Hall–Kier alpha value is -1.40. The maximum absolute atomic E-state index is 3.50. The van der Waals surface area contributed by atoms with Crippen LogP contribution in [-0.2, 0) is 41.5 Å². The maximum atomic E-state index is 3.50. The van der Waals surface area contributed by atoms with Crippen LogP contribution in [0.3, 0.4) is 0 Å². The van der Waals surface area contributed by atoms with Gasteiger partial charge in [-0.3, -0.25) is 6.08 Å². The van der Waals surface area contributed by atoms with Gasteiger partial charge in [0.1, 0.15) is 0 Å². The van der Waals surface area contributed by atoms with Gasteiger partial charge in [-0.25, -0.2) is 18.2 Å². The molecular formula is C34H36Cl2Zr-2. The molecule has 0 heterocycles. The molecule has 1 saturated carbocycles. The van der Waals surface area contributed by atoms with Crippen LogP contribution in [0.5, 0.6) is 0 Å². The molecule has 0 aliphatic heterocycles. The van der Waals surface area contributed by atoms with E-state index in [1.165, 1.54) is 76.6 Å². The standard InChI is InChI=1S/C23H21.C6H10.C5H5.2ClH.Zr/c1-22(2)7-5-14-10-18-16(12-20(14)22)9-17-13-21-15(11-19(17)18)6-8-23(21,3)4;1-2-4-6-5-3-1;1-2-4-5-3-1;;;/h5-7,10-13H,9H2,1-4H3;1-5H2;1-5H;2*1H;/q-1;;-1;;;+2/p-2. The molecule has 0 amide bonds. The van der Waals surface area contributed by atoms with Crippen LogP contribution in [0.4, 0.5) is 0 Å². The van der Waals surface area contributed by atoms with Crippen LogP contribution in [0.15, 0.2) is 60.7 Å². The maximum Gasteiger partial charge on any atom is -0.172 e. The Kier molecular flexibility index (Phi) is 9.94. The Morgan fingerprint density at radius 2 is 1.38 bits per heavy atom. The summed E-state index contributed by atoms with van der Waals surface area (Å²) in [4.78, 5) is 0. The molecular weight excluding hydrogens is 571 g/mol. The van der Waals surface area contributed by atoms with Crippen molar-refractivity contribution < 1.29 is 49.0 Å². The Labute approximate surface area is 251 Å². The molecule has 37 heavy (non-hydrogen) atoms. The van der Waals surface area contributed by atoms with E-state index in [9.17, 15) is 0 Å². The topological polar surface area (TPSA) is 0 Å². The van der Waals surface area contributed by atoms with Crippen LogP contribution >= 0.6 is 0 Å². The molecule has 0 unspecified atom stereocenters. The molecule has 0 saturated heterocycles. The van der Waals surface area contributed by atoms with Gasteiger partial charge in [0.25, 0.3) is 0 Å². The zero-order valence-corrected chi connectivity index (χ0v) is 26.4. The number of hydrogen-bond acceptors (Lipinski definition) is 0. The molecule has 4 aliphatic carbocycles. The van der Waals surface area contributed by atoms with E-state index in [1.807, 2.05) is 30.3 Å². The van der Waals surface area contributed by atoms with Gasteiger partial charge in [-0.2, -0.15) is 23.8 Å². The zero-order chi connectivity index (χ0) is 24.6. The third kappa shape index (κ3) is 6.44. The van der Waals surface area contributed by atoms with E-state index >= 15 is 0 Å². The molecule has 192 valence electrons. The average Bonchev–Trinajstić information content (AvgIpc) is 3.62. The predicted molar refractivity (Wildman–Crippen MR) is 148 cm³/mol. The average molecular weight is 607 g/mol. The number of allylic oxidation sites excluding steroid dienone is 2. The van der Waals surface area contributed by atoms with Crippen LogP contribution in [0.25, 0.3) is 23.3 Å². The summed E-state index contributed by atoms with van der Waals surface area (Å²) in [5, 5.41) is 0. The smallest absolute Gasteiger partial charge is 0.172 e. The molecule has 0 N–H and O–H groups in total. The summed E-state index contributed by atoms with van der Waals surface area (Å²) in [5.41, 5.74) is 11.7. The van der Waals surface area contributed by atoms with Crippen LogP contribution in [0.2, 0.25) is 0 Å². The Bertz CT molecular complexity index is 1200. The Balaban J connectivity index is 0.000000226. The van der Waals surface area contributed by atoms with Crippen molar-refractivity contribution in [2.75, 3.05) is 0 Å². The Morgan fingerprint density at radius 1 is 0.784 bits per heavy atom. The van der Waals surface area contributed by atoms with Crippen molar-refractivity contribution in [1.29, 1.82) is 0 Å². The molecule has 3 heteroatoms. The first-order valence-electron chi connectivity index (χ1n) is 13.1. The van der Waals surface area contributed by atoms with Crippen molar-refractivity contribution in [3.05, 3.63) is 100 Å². The van der Waals surface area contributed by atoms with E-state index in [0.29, 0.717) is 0 Å². The molecule has 4 aliphatic rings. The molecule has 3 aromatic rings. The van der Waals surface area contributed by atoms with Crippen LogP contribution in [0.1, 0.15) is 93.2 Å². The first-order chi connectivity index (χ1) is 16.7. The van der Waals surface area contributed by atoms with Crippen molar-refractivity contribution in [3.63, 3.8) is 0 Å². The first-order valence-corrected chi connectivity index (χ1v) is 14.4. The molecule has 0 spiro atoms. The second-order valence-corrected chi connectivity index (χ2v) is 13.2. The Morgan fingerprint density at radius 3 is 1.92 bits per heavy atom.